The van der Waals surface area contributed by atoms with Crippen molar-refractivity contribution in [3.05, 3.63) is 34.9 Å². The Morgan fingerprint density at radius 1 is 1.40 bits per heavy atom. The van der Waals surface area contributed by atoms with Gasteiger partial charge in [-0.2, -0.15) is 0 Å². The first-order chi connectivity index (χ1) is 9.63. The first-order valence-electron chi connectivity index (χ1n) is 7.83. The lowest BCUT2D eigenvalue weighted by molar-refractivity contribution is 0.182. The topological polar surface area (TPSA) is 15.3 Å². The molecule has 1 unspecified atom stereocenters. The van der Waals surface area contributed by atoms with E-state index in [1.807, 2.05) is 12.1 Å². The van der Waals surface area contributed by atoms with Gasteiger partial charge in [-0.3, -0.25) is 4.90 Å². The maximum atomic E-state index is 6.06. The lowest BCUT2D eigenvalue weighted by Crippen LogP contribution is -2.45. The maximum Gasteiger partial charge on any atom is 0.0409 e. The van der Waals surface area contributed by atoms with Crippen LogP contribution in [0.2, 0.25) is 5.02 Å². The fourth-order valence-corrected chi connectivity index (χ4v) is 3.05. The van der Waals surface area contributed by atoms with Crippen molar-refractivity contribution in [2.24, 2.45) is 5.92 Å². The summed E-state index contributed by atoms with van der Waals surface area (Å²) in [5, 5.41) is 4.55. The number of benzene rings is 1. The highest BCUT2D eigenvalue weighted by Gasteiger charge is 2.19. The third kappa shape index (κ3) is 5.43. The van der Waals surface area contributed by atoms with Gasteiger partial charge in [0, 0.05) is 24.2 Å². The normalized spacial score (nSPS) is 20.5. The number of hydrogen-bond donors (Lipinski definition) is 1. The maximum absolute atomic E-state index is 6.06. The molecule has 1 aliphatic heterocycles. The Bertz CT molecular complexity index is 406. The summed E-state index contributed by atoms with van der Waals surface area (Å²) in [6, 6.07) is 8.89. The van der Waals surface area contributed by atoms with Crippen molar-refractivity contribution in [2.75, 3.05) is 19.6 Å². The Kier molecular flexibility index (Phi) is 6.34. The zero-order valence-electron chi connectivity index (χ0n) is 12.7. The fourth-order valence-electron chi connectivity index (χ4n) is 2.84. The SMILES string of the molecule is CC(C)CCNC1CCCN(Cc2cccc(Cl)c2)C1. The van der Waals surface area contributed by atoms with Gasteiger partial charge in [-0.25, -0.2) is 0 Å². The molecule has 112 valence electrons. The van der Waals surface area contributed by atoms with Crippen LogP contribution in [0.25, 0.3) is 0 Å². The van der Waals surface area contributed by atoms with Crippen LogP contribution in [-0.2, 0) is 6.54 Å². The minimum Gasteiger partial charge on any atom is -0.313 e. The molecule has 0 bridgehead atoms. The summed E-state index contributed by atoms with van der Waals surface area (Å²) in [4.78, 5) is 2.54. The first kappa shape index (κ1) is 15.8. The minimum absolute atomic E-state index is 0.654. The van der Waals surface area contributed by atoms with E-state index in [9.17, 15) is 0 Å². The molecule has 2 nitrogen and oxygen atoms in total. The molecule has 1 aromatic rings. The van der Waals surface area contributed by atoms with E-state index in [0.29, 0.717) is 6.04 Å². The van der Waals surface area contributed by atoms with Gasteiger partial charge in [0.2, 0.25) is 0 Å². The van der Waals surface area contributed by atoms with E-state index in [1.165, 1.54) is 31.4 Å². The molecule has 0 saturated carbocycles. The van der Waals surface area contributed by atoms with Crippen molar-refractivity contribution in [2.45, 2.75) is 45.7 Å². The van der Waals surface area contributed by atoms with Crippen LogP contribution < -0.4 is 5.32 Å². The molecular formula is C17H27ClN2. The number of hydrogen-bond acceptors (Lipinski definition) is 2. The van der Waals surface area contributed by atoms with Crippen LogP contribution >= 0.6 is 11.6 Å². The Balaban J connectivity index is 1.78. The van der Waals surface area contributed by atoms with Gasteiger partial charge >= 0.3 is 0 Å². The summed E-state index contributed by atoms with van der Waals surface area (Å²) >= 11 is 6.06. The van der Waals surface area contributed by atoms with Gasteiger partial charge in [-0.1, -0.05) is 37.6 Å². The molecule has 1 aliphatic rings. The van der Waals surface area contributed by atoms with E-state index < -0.39 is 0 Å². The Morgan fingerprint density at radius 2 is 2.25 bits per heavy atom. The van der Waals surface area contributed by atoms with E-state index in [-0.39, 0.29) is 0 Å². The van der Waals surface area contributed by atoms with Crippen LogP contribution in [0.5, 0.6) is 0 Å². The lowest BCUT2D eigenvalue weighted by Gasteiger charge is -2.33. The quantitative estimate of drug-likeness (QED) is 0.855. The van der Waals surface area contributed by atoms with Gasteiger partial charge in [-0.05, 0) is 56.0 Å². The van der Waals surface area contributed by atoms with Gasteiger partial charge in [0.25, 0.3) is 0 Å². The molecule has 0 amide bonds. The first-order valence-corrected chi connectivity index (χ1v) is 8.21. The second kappa shape index (κ2) is 8.02. The van der Waals surface area contributed by atoms with Gasteiger partial charge < -0.3 is 5.32 Å². The molecule has 0 spiro atoms. The molecule has 2 rings (SSSR count). The highest BCUT2D eigenvalue weighted by Crippen LogP contribution is 2.16. The zero-order chi connectivity index (χ0) is 14.4. The average Bonchev–Trinajstić information content (AvgIpc) is 2.39. The van der Waals surface area contributed by atoms with Crippen LogP contribution in [0.4, 0.5) is 0 Å². The third-order valence-electron chi connectivity index (χ3n) is 3.96. The summed E-state index contributed by atoms with van der Waals surface area (Å²) in [5.74, 6) is 0.786. The Morgan fingerprint density at radius 3 is 3.00 bits per heavy atom. The molecule has 0 aromatic heterocycles. The van der Waals surface area contributed by atoms with Gasteiger partial charge in [-0.15, -0.1) is 0 Å². The number of likely N-dealkylation sites (tertiary alicyclic amines) is 1. The second-order valence-electron chi connectivity index (χ2n) is 6.34. The molecule has 0 aliphatic carbocycles. The van der Waals surface area contributed by atoms with Crippen molar-refractivity contribution < 1.29 is 0 Å². The van der Waals surface area contributed by atoms with Crippen molar-refractivity contribution in [3.8, 4) is 0 Å². The summed E-state index contributed by atoms with van der Waals surface area (Å²) in [6.07, 6.45) is 3.87. The van der Waals surface area contributed by atoms with Crippen molar-refractivity contribution in [1.82, 2.24) is 10.2 Å². The third-order valence-corrected chi connectivity index (χ3v) is 4.19. The lowest BCUT2D eigenvalue weighted by atomic mass is 10.0. The van der Waals surface area contributed by atoms with Gasteiger partial charge in [0.05, 0.1) is 0 Å². The Hall–Kier alpha value is -0.570. The standard InChI is InChI=1S/C17H27ClN2/c1-14(2)8-9-19-17-7-4-10-20(13-17)12-15-5-3-6-16(18)11-15/h3,5-6,11,14,17,19H,4,7-10,12-13H2,1-2H3. The van der Waals surface area contributed by atoms with E-state index in [0.717, 1.165) is 30.6 Å². The highest BCUT2D eigenvalue weighted by atomic mass is 35.5. The molecule has 1 saturated heterocycles. The van der Waals surface area contributed by atoms with E-state index in [2.05, 4.69) is 36.2 Å². The molecule has 1 heterocycles. The summed E-state index contributed by atoms with van der Waals surface area (Å²) < 4.78 is 0. The number of nitrogens with zero attached hydrogens (tertiary/aromatic N) is 1. The predicted molar refractivity (Wildman–Crippen MR) is 87.2 cm³/mol. The van der Waals surface area contributed by atoms with Crippen molar-refractivity contribution in [1.29, 1.82) is 0 Å². The molecule has 0 radical (unpaired) electrons. The van der Waals surface area contributed by atoms with Crippen LogP contribution in [0.3, 0.4) is 0 Å². The Labute approximate surface area is 128 Å². The van der Waals surface area contributed by atoms with Crippen molar-refractivity contribution >= 4 is 11.6 Å². The molecular weight excluding hydrogens is 268 g/mol. The minimum atomic E-state index is 0.654. The van der Waals surface area contributed by atoms with Gasteiger partial charge in [0.1, 0.15) is 0 Å². The number of rotatable bonds is 6. The summed E-state index contributed by atoms with van der Waals surface area (Å²) in [6.45, 7) is 9.09. The number of nitrogens with one attached hydrogen (secondary N) is 1. The number of piperidine rings is 1. The molecule has 1 atom stereocenters. The monoisotopic (exact) mass is 294 g/mol. The number of halogens is 1. The summed E-state index contributed by atoms with van der Waals surface area (Å²) in [5.41, 5.74) is 1.32. The van der Waals surface area contributed by atoms with Crippen LogP contribution in [0, 0.1) is 5.92 Å². The van der Waals surface area contributed by atoms with E-state index in [1.54, 1.807) is 0 Å². The van der Waals surface area contributed by atoms with Gasteiger partial charge in [0.15, 0.2) is 0 Å². The molecule has 1 fully saturated rings. The molecule has 1 aromatic carbocycles. The summed E-state index contributed by atoms with van der Waals surface area (Å²) in [7, 11) is 0. The largest absolute Gasteiger partial charge is 0.313 e. The molecule has 3 heteroatoms. The second-order valence-corrected chi connectivity index (χ2v) is 6.78. The highest BCUT2D eigenvalue weighted by molar-refractivity contribution is 6.30. The van der Waals surface area contributed by atoms with Crippen molar-refractivity contribution in [3.63, 3.8) is 0 Å². The molecule has 20 heavy (non-hydrogen) atoms. The van der Waals surface area contributed by atoms with E-state index >= 15 is 0 Å². The van der Waals surface area contributed by atoms with Crippen LogP contribution in [-0.4, -0.2) is 30.6 Å². The predicted octanol–water partition coefficient (Wildman–Crippen LogP) is 3.94. The smallest absolute Gasteiger partial charge is 0.0409 e. The average molecular weight is 295 g/mol. The fraction of sp³-hybridized carbons (Fsp3) is 0.647. The van der Waals surface area contributed by atoms with Crippen LogP contribution in [0.1, 0.15) is 38.7 Å². The van der Waals surface area contributed by atoms with Crippen LogP contribution in [0.15, 0.2) is 24.3 Å². The zero-order valence-corrected chi connectivity index (χ0v) is 13.5. The van der Waals surface area contributed by atoms with E-state index in [4.69, 9.17) is 11.6 Å². The molecule has 1 N–H and O–H groups in total.